The number of rotatable bonds is 7. The van der Waals surface area contributed by atoms with Gasteiger partial charge in [-0.1, -0.05) is 42.8 Å². The fourth-order valence-electron chi connectivity index (χ4n) is 6.95. The third-order valence-corrected chi connectivity index (χ3v) is 9.16. The highest BCUT2D eigenvalue weighted by Gasteiger charge is 2.34. The smallest absolute Gasteiger partial charge is 0.319 e. The quantitative estimate of drug-likeness (QED) is 0.281. The summed E-state index contributed by atoms with van der Waals surface area (Å²) in [7, 11) is 0. The van der Waals surface area contributed by atoms with Crippen molar-refractivity contribution in [2.24, 2.45) is 5.92 Å². The topological polar surface area (TPSA) is 83.0 Å². The summed E-state index contributed by atoms with van der Waals surface area (Å²) in [5, 5.41) is 16.5. The Morgan fingerprint density at radius 3 is 2.70 bits per heavy atom. The molecule has 8 nitrogen and oxygen atoms in total. The van der Waals surface area contributed by atoms with Crippen LogP contribution in [-0.2, 0) is 4.74 Å². The van der Waals surface area contributed by atoms with Gasteiger partial charge in [0.2, 0.25) is 0 Å². The Morgan fingerprint density at radius 2 is 1.91 bits per heavy atom. The van der Waals surface area contributed by atoms with Gasteiger partial charge in [0.05, 0.1) is 24.3 Å². The number of ether oxygens (including phenoxy) is 2. The molecule has 3 fully saturated rings. The first kappa shape index (κ1) is 28.5. The first-order valence-electron chi connectivity index (χ1n) is 15.2. The lowest BCUT2D eigenvalue weighted by molar-refractivity contribution is -0.0242. The fraction of sp³-hybridized carbons (Fsp3) is 0.455. The molecule has 1 aromatic heterocycles. The van der Waals surface area contributed by atoms with Crippen molar-refractivity contribution in [3.63, 3.8) is 0 Å². The van der Waals surface area contributed by atoms with Crippen LogP contribution in [0.1, 0.15) is 26.7 Å². The van der Waals surface area contributed by atoms with Crippen molar-refractivity contribution < 1.29 is 19.0 Å². The third-order valence-electron chi connectivity index (χ3n) is 8.87. The Kier molecular flexibility index (Phi) is 7.75. The number of fused-ring (bicyclic) bond motifs is 4. The molecule has 2 N–H and O–H groups in total. The maximum absolute atomic E-state index is 16.8. The zero-order chi connectivity index (χ0) is 29.7. The Labute approximate surface area is 255 Å². The summed E-state index contributed by atoms with van der Waals surface area (Å²) < 4.78 is 28.6. The number of hydrogen-bond donors (Lipinski definition) is 2. The molecule has 3 aliphatic rings. The summed E-state index contributed by atoms with van der Waals surface area (Å²) >= 11 is 6.87. The number of anilines is 1. The van der Waals surface area contributed by atoms with Crippen LogP contribution >= 0.6 is 11.6 Å². The van der Waals surface area contributed by atoms with Crippen molar-refractivity contribution >= 4 is 39.1 Å². The Hall–Kier alpha value is -3.24. The molecule has 4 atom stereocenters. The van der Waals surface area contributed by atoms with E-state index in [1.54, 1.807) is 18.2 Å². The van der Waals surface area contributed by atoms with E-state index in [4.69, 9.17) is 26.1 Å². The first-order chi connectivity index (χ1) is 20.8. The highest BCUT2D eigenvalue weighted by atomic mass is 35.5. The minimum absolute atomic E-state index is 0.0385. The summed E-state index contributed by atoms with van der Waals surface area (Å²) in [6.07, 6.45) is 2.43. The number of aromatic nitrogens is 2. The van der Waals surface area contributed by atoms with E-state index in [1.807, 2.05) is 24.3 Å². The standard InChI is InChI=1S/C33H37ClFN5O3/c1-19(14-39-9-10-42-20(2)15-39)18-43-33-37-31-27(32(38-33)40-16-22-7-8-23(17-40)36-22)13-28(34)29(30(31)35)26-12-24(41)11-21-5-3-4-6-25(21)26/h3-6,11-13,19-20,22-23,36,41H,7-10,14-18H2,1-2H3/t19-,20+,22?,23?/m1/s1. The number of aromatic hydroxyl groups is 1. The van der Waals surface area contributed by atoms with Crippen LogP contribution in [0.4, 0.5) is 10.2 Å². The molecule has 2 bridgehead atoms. The molecule has 10 heteroatoms. The van der Waals surface area contributed by atoms with Gasteiger partial charge in [0.1, 0.15) is 17.1 Å². The number of nitrogens with zero attached hydrogens (tertiary/aromatic N) is 4. The van der Waals surface area contributed by atoms with Gasteiger partial charge in [-0.15, -0.1) is 0 Å². The first-order valence-corrected chi connectivity index (χ1v) is 15.6. The van der Waals surface area contributed by atoms with Gasteiger partial charge in [0.25, 0.3) is 0 Å². The number of morpholine rings is 1. The van der Waals surface area contributed by atoms with Crippen LogP contribution < -0.4 is 15.0 Å². The molecule has 3 aliphatic heterocycles. The molecule has 226 valence electrons. The third kappa shape index (κ3) is 5.71. The second kappa shape index (κ2) is 11.7. The van der Waals surface area contributed by atoms with Crippen molar-refractivity contribution in [3.8, 4) is 22.9 Å². The van der Waals surface area contributed by atoms with E-state index < -0.39 is 5.82 Å². The number of benzene rings is 3. The van der Waals surface area contributed by atoms with E-state index in [0.717, 1.165) is 62.9 Å². The number of phenolic OH excluding ortho intramolecular Hbond substituents is 1. The molecule has 0 spiro atoms. The van der Waals surface area contributed by atoms with E-state index in [0.29, 0.717) is 35.5 Å². The summed E-state index contributed by atoms with van der Waals surface area (Å²) in [6.45, 7) is 9.57. The van der Waals surface area contributed by atoms with Crippen LogP contribution in [0.5, 0.6) is 11.8 Å². The summed E-state index contributed by atoms with van der Waals surface area (Å²) in [5.41, 5.74) is 0.871. The Balaban J connectivity index is 1.29. The Bertz CT molecular complexity index is 1660. The van der Waals surface area contributed by atoms with Crippen LogP contribution in [0.15, 0.2) is 42.5 Å². The molecule has 4 heterocycles. The lowest BCUT2D eigenvalue weighted by Gasteiger charge is -2.34. The molecule has 3 aromatic carbocycles. The van der Waals surface area contributed by atoms with Crippen molar-refractivity contribution in [1.29, 1.82) is 0 Å². The molecule has 43 heavy (non-hydrogen) atoms. The van der Waals surface area contributed by atoms with E-state index in [1.165, 1.54) is 0 Å². The molecule has 3 saturated heterocycles. The Morgan fingerprint density at radius 1 is 1.12 bits per heavy atom. The van der Waals surface area contributed by atoms with Gasteiger partial charge >= 0.3 is 6.01 Å². The van der Waals surface area contributed by atoms with E-state index in [9.17, 15) is 5.11 Å². The van der Waals surface area contributed by atoms with E-state index in [-0.39, 0.29) is 39.9 Å². The van der Waals surface area contributed by atoms with Gasteiger partial charge in [-0.25, -0.2) is 4.39 Å². The number of halogens is 2. The van der Waals surface area contributed by atoms with Gasteiger partial charge in [-0.05, 0) is 54.3 Å². The minimum atomic E-state index is -0.555. The summed E-state index contributed by atoms with van der Waals surface area (Å²) in [6, 6.07) is 13.4. The van der Waals surface area contributed by atoms with Gasteiger partial charge in [-0.2, -0.15) is 9.97 Å². The molecule has 7 rings (SSSR count). The number of phenols is 1. The van der Waals surface area contributed by atoms with Crippen molar-refractivity contribution in [2.45, 2.75) is 44.9 Å². The van der Waals surface area contributed by atoms with Crippen molar-refractivity contribution in [3.05, 3.63) is 53.3 Å². The van der Waals surface area contributed by atoms with Gasteiger partial charge in [0, 0.05) is 61.7 Å². The van der Waals surface area contributed by atoms with Gasteiger partial charge < -0.3 is 24.8 Å². The zero-order valence-corrected chi connectivity index (χ0v) is 25.3. The molecule has 0 amide bonds. The second-order valence-electron chi connectivity index (χ2n) is 12.4. The average molecular weight is 606 g/mol. The number of piperazine rings is 1. The van der Waals surface area contributed by atoms with Crippen molar-refractivity contribution in [2.75, 3.05) is 50.8 Å². The molecular formula is C33H37ClFN5O3. The highest BCUT2D eigenvalue weighted by Crippen LogP contribution is 2.43. The molecule has 2 unspecified atom stereocenters. The largest absolute Gasteiger partial charge is 0.508 e. The van der Waals surface area contributed by atoms with E-state index in [2.05, 4.69) is 33.9 Å². The maximum atomic E-state index is 16.8. The van der Waals surface area contributed by atoms with Crippen LogP contribution in [0, 0.1) is 11.7 Å². The molecule has 4 aromatic rings. The maximum Gasteiger partial charge on any atom is 0.319 e. The van der Waals surface area contributed by atoms with Crippen LogP contribution in [0.3, 0.4) is 0 Å². The van der Waals surface area contributed by atoms with Crippen LogP contribution in [0.25, 0.3) is 32.8 Å². The SMILES string of the molecule is C[C@@H](COc1nc(N2CC3CCC(C2)N3)c2cc(Cl)c(-c3cc(O)cc4ccccc34)c(F)c2n1)CN1CCO[C@@H](C)C1. The molecule has 0 saturated carbocycles. The second-order valence-corrected chi connectivity index (χ2v) is 12.8. The molecule has 0 radical (unpaired) electrons. The summed E-state index contributed by atoms with van der Waals surface area (Å²) in [5.74, 6) is 0.338. The van der Waals surface area contributed by atoms with Gasteiger partial charge in [0.15, 0.2) is 5.82 Å². The normalized spacial score (nSPS) is 23.3. The molecular weight excluding hydrogens is 569 g/mol. The predicted octanol–water partition coefficient (Wildman–Crippen LogP) is 5.62. The van der Waals surface area contributed by atoms with E-state index >= 15 is 4.39 Å². The summed E-state index contributed by atoms with van der Waals surface area (Å²) in [4.78, 5) is 14.1. The lowest BCUT2D eigenvalue weighted by atomic mass is 9.96. The average Bonchev–Trinajstić information content (AvgIpc) is 3.32. The van der Waals surface area contributed by atoms with Crippen LogP contribution in [-0.4, -0.2) is 84.1 Å². The monoisotopic (exact) mass is 605 g/mol. The fourth-order valence-corrected chi connectivity index (χ4v) is 7.24. The number of nitrogens with one attached hydrogen (secondary N) is 1. The zero-order valence-electron chi connectivity index (χ0n) is 24.5. The predicted molar refractivity (Wildman–Crippen MR) is 168 cm³/mol. The minimum Gasteiger partial charge on any atom is -0.508 e. The molecule has 0 aliphatic carbocycles. The lowest BCUT2D eigenvalue weighted by Crippen LogP contribution is -2.51. The highest BCUT2D eigenvalue weighted by molar-refractivity contribution is 6.35. The van der Waals surface area contributed by atoms with Crippen molar-refractivity contribution in [1.82, 2.24) is 20.2 Å². The number of hydrogen-bond acceptors (Lipinski definition) is 8. The van der Waals surface area contributed by atoms with Crippen LogP contribution in [0.2, 0.25) is 5.02 Å². The van der Waals surface area contributed by atoms with Gasteiger partial charge in [-0.3, -0.25) is 4.90 Å².